The molecule has 2 aromatic rings. The second-order valence-corrected chi connectivity index (χ2v) is 9.48. The van der Waals surface area contributed by atoms with Gasteiger partial charge in [-0.1, -0.05) is 73.7 Å². The fraction of sp³-hybridized carbons (Fsp3) is 0.333. The molecule has 2 atom stereocenters. The van der Waals surface area contributed by atoms with Crippen LogP contribution in [0.4, 0.5) is 0 Å². The van der Waals surface area contributed by atoms with Crippen molar-refractivity contribution in [3.63, 3.8) is 0 Å². The molecule has 1 aliphatic rings. The van der Waals surface area contributed by atoms with E-state index in [1.807, 2.05) is 61.6 Å². The first-order valence-electron chi connectivity index (χ1n) is 13.5. The van der Waals surface area contributed by atoms with E-state index in [0.717, 1.165) is 5.56 Å². The maximum atomic E-state index is 13.5. The molecule has 2 unspecified atom stereocenters. The van der Waals surface area contributed by atoms with Gasteiger partial charge in [0.25, 0.3) is 0 Å². The van der Waals surface area contributed by atoms with Crippen molar-refractivity contribution >= 4 is 29.3 Å². The Labute approximate surface area is 235 Å². The molecule has 210 valence electrons. The van der Waals surface area contributed by atoms with E-state index in [1.54, 1.807) is 38.1 Å². The number of esters is 3. The van der Waals surface area contributed by atoms with Gasteiger partial charge in [-0.25, -0.2) is 4.79 Å². The van der Waals surface area contributed by atoms with Gasteiger partial charge in [-0.3, -0.25) is 14.4 Å². The third-order valence-electron chi connectivity index (χ3n) is 6.73. The SMILES string of the molecule is CCOC(=O)C(C(=O)OCC)/C(CC(=O)Cc1ccccc1)=C(\c1ccc(C(=O)OC)cc1)C1C=CC=CC1C. The van der Waals surface area contributed by atoms with Crippen molar-refractivity contribution in [2.45, 2.75) is 33.6 Å². The molecule has 0 N–H and O–H groups in total. The summed E-state index contributed by atoms with van der Waals surface area (Å²) in [5.74, 6) is -3.89. The maximum absolute atomic E-state index is 13.5. The minimum atomic E-state index is -1.43. The number of rotatable bonds is 12. The standard InChI is InChI=1S/C33H36O7/c1-5-39-32(36)30(33(37)40-6-2)28(21-26(34)20-23-13-8-7-9-14-23)29(27-15-11-10-12-22(27)3)24-16-18-25(19-17-24)31(35)38-4/h7-19,22,27,30H,5-6,20-21H2,1-4H3/b29-28+. The van der Waals surface area contributed by atoms with E-state index in [-0.39, 0.29) is 43.7 Å². The fourth-order valence-corrected chi connectivity index (χ4v) is 4.86. The first-order valence-corrected chi connectivity index (χ1v) is 13.5. The van der Waals surface area contributed by atoms with Gasteiger partial charge < -0.3 is 14.2 Å². The van der Waals surface area contributed by atoms with Crippen molar-refractivity contribution in [3.05, 3.63) is 101 Å². The van der Waals surface area contributed by atoms with Crippen LogP contribution in [0.1, 0.15) is 48.7 Å². The Morgan fingerprint density at radius 3 is 1.93 bits per heavy atom. The number of ketones is 1. The van der Waals surface area contributed by atoms with Crippen LogP contribution in [0.2, 0.25) is 0 Å². The number of hydrogen-bond donors (Lipinski definition) is 0. The van der Waals surface area contributed by atoms with Crippen molar-refractivity contribution in [3.8, 4) is 0 Å². The van der Waals surface area contributed by atoms with Gasteiger partial charge in [-0.2, -0.15) is 0 Å². The van der Waals surface area contributed by atoms with Crippen molar-refractivity contribution in [1.29, 1.82) is 0 Å². The summed E-state index contributed by atoms with van der Waals surface area (Å²) in [6, 6.07) is 16.0. The number of hydrogen-bond acceptors (Lipinski definition) is 7. The molecule has 0 saturated carbocycles. The average molecular weight is 545 g/mol. The van der Waals surface area contributed by atoms with E-state index < -0.39 is 23.8 Å². The molecule has 7 heteroatoms. The third-order valence-corrected chi connectivity index (χ3v) is 6.73. The summed E-state index contributed by atoms with van der Waals surface area (Å²) in [6.45, 7) is 5.47. The normalized spacial score (nSPS) is 16.7. The Balaban J connectivity index is 2.26. The molecule has 0 amide bonds. The second-order valence-electron chi connectivity index (χ2n) is 9.48. The minimum absolute atomic E-state index is 0.00968. The van der Waals surface area contributed by atoms with Gasteiger partial charge in [0.1, 0.15) is 5.78 Å². The fourth-order valence-electron chi connectivity index (χ4n) is 4.86. The molecule has 0 fully saturated rings. The zero-order chi connectivity index (χ0) is 29.1. The van der Waals surface area contributed by atoms with Gasteiger partial charge in [0.15, 0.2) is 5.92 Å². The van der Waals surface area contributed by atoms with Crippen LogP contribution in [0.15, 0.2) is 84.5 Å². The van der Waals surface area contributed by atoms with E-state index in [9.17, 15) is 19.2 Å². The molecule has 40 heavy (non-hydrogen) atoms. The van der Waals surface area contributed by atoms with Gasteiger partial charge in [0.05, 0.1) is 25.9 Å². The molecule has 0 bridgehead atoms. The van der Waals surface area contributed by atoms with Crippen LogP contribution in [0.3, 0.4) is 0 Å². The first kappa shape index (κ1) is 30.3. The third kappa shape index (κ3) is 7.65. The van der Waals surface area contributed by atoms with Crippen LogP contribution in [0, 0.1) is 17.8 Å². The van der Waals surface area contributed by atoms with Gasteiger partial charge in [0.2, 0.25) is 0 Å². The van der Waals surface area contributed by atoms with E-state index in [2.05, 4.69) is 0 Å². The van der Waals surface area contributed by atoms with Gasteiger partial charge >= 0.3 is 17.9 Å². The van der Waals surface area contributed by atoms with Crippen LogP contribution < -0.4 is 0 Å². The maximum Gasteiger partial charge on any atom is 0.337 e. The van der Waals surface area contributed by atoms with Crippen LogP contribution in [-0.4, -0.2) is 44.0 Å². The number of carbonyl (C=O) groups is 4. The lowest BCUT2D eigenvalue weighted by molar-refractivity contribution is -0.159. The summed E-state index contributed by atoms with van der Waals surface area (Å²) in [7, 11) is 1.31. The van der Waals surface area contributed by atoms with Crippen molar-refractivity contribution < 1.29 is 33.4 Å². The van der Waals surface area contributed by atoms with Crippen molar-refractivity contribution in [1.82, 2.24) is 0 Å². The Bertz CT molecular complexity index is 1270. The summed E-state index contributed by atoms with van der Waals surface area (Å²) in [6.07, 6.45) is 7.83. The highest BCUT2D eigenvalue weighted by atomic mass is 16.6. The smallest absolute Gasteiger partial charge is 0.337 e. The van der Waals surface area contributed by atoms with Crippen molar-refractivity contribution in [2.75, 3.05) is 20.3 Å². The molecule has 0 heterocycles. The Kier molecular flexibility index (Phi) is 11.2. The molecule has 0 spiro atoms. The van der Waals surface area contributed by atoms with E-state index in [4.69, 9.17) is 14.2 Å². The van der Waals surface area contributed by atoms with Crippen LogP contribution in [-0.2, 0) is 35.0 Å². The largest absolute Gasteiger partial charge is 0.465 e. The van der Waals surface area contributed by atoms with E-state index in [1.165, 1.54) is 7.11 Å². The molecule has 1 aliphatic carbocycles. The number of allylic oxidation sites excluding steroid dienone is 5. The molecule has 0 radical (unpaired) electrons. The molecular weight excluding hydrogens is 508 g/mol. The van der Waals surface area contributed by atoms with E-state index in [0.29, 0.717) is 22.3 Å². The molecule has 3 rings (SSSR count). The lowest BCUT2D eigenvalue weighted by Gasteiger charge is -2.29. The summed E-state index contributed by atoms with van der Waals surface area (Å²) < 4.78 is 15.5. The number of ether oxygens (including phenoxy) is 3. The van der Waals surface area contributed by atoms with Crippen molar-refractivity contribution in [2.24, 2.45) is 17.8 Å². The molecular formula is C33H36O7. The first-order chi connectivity index (χ1) is 19.3. The van der Waals surface area contributed by atoms with Crippen LogP contribution >= 0.6 is 0 Å². The van der Waals surface area contributed by atoms with Gasteiger partial charge in [-0.15, -0.1) is 0 Å². The minimum Gasteiger partial charge on any atom is -0.465 e. The predicted octanol–water partition coefficient (Wildman–Crippen LogP) is 5.55. The lowest BCUT2D eigenvalue weighted by atomic mass is 9.75. The number of methoxy groups -OCH3 is 1. The summed E-state index contributed by atoms with van der Waals surface area (Å²) >= 11 is 0. The molecule has 0 aromatic heterocycles. The Morgan fingerprint density at radius 2 is 1.38 bits per heavy atom. The van der Waals surface area contributed by atoms with Crippen LogP contribution in [0.5, 0.6) is 0 Å². The molecule has 7 nitrogen and oxygen atoms in total. The zero-order valence-electron chi connectivity index (χ0n) is 23.4. The van der Waals surface area contributed by atoms with Crippen LogP contribution in [0.25, 0.3) is 5.57 Å². The monoisotopic (exact) mass is 544 g/mol. The lowest BCUT2D eigenvalue weighted by Crippen LogP contribution is -2.32. The topological polar surface area (TPSA) is 96.0 Å². The summed E-state index contributed by atoms with van der Waals surface area (Å²) in [4.78, 5) is 52.4. The number of benzene rings is 2. The summed E-state index contributed by atoms with van der Waals surface area (Å²) in [5, 5.41) is 0. The van der Waals surface area contributed by atoms with Gasteiger partial charge in [0, 0.05) is 18.8 Å². The Hall–Kier alpha value is -4.26. The number of Topliss-reactive ketones (excluding diaryl/α,β-unsaturated/α-hetero) is 1. The summed E-state index contributed by atoms with van der Waals surface area (Å²) in [5.41, 5.74) is 2.84. The highest BCUT2D eigenvalue weighted by Crippen LogP contribution is 2.40. The van der Waals surface area contributed by atoms with E-state index >= 15 is 0 Å². The van der Waals surface area contributed by atoms with Gasteiger partial charge in [-0.05, 0) is 54.2 Å². The average Bonchev–Trinajstić information content (AvgIpc) is 2.95. The molecule has 0 aliphatic heterocycles. The zero-order valence-corrected chi connectivity index (χ0v) is 23.4. The second kappa shape index (κ2) is 14.8. The highest BCUT2D eigenvalue weighted by Gasteiger charge is 2.38. The molecule has 2 aromatic carbocycles. The molecule has 0 saturated heterocycles. The quantitative estimate of drug-likeness (QED) is 0.196. The highest BCUT2D eigenvalue weighted by molar-refractivity contribution is 6.02. The predicted molar refractivity (Wildman–Crippen MR) is 152 cm³/mol. The number of carbonyl (C=O) groups excluding carboxylic acids is 4. The Morgan fingerprint density at radius 1 is 0.800 bits per heavy atom.